The summed E-state index contributed by atoms with van der Waals surface area (Å²) in [6, 6.07) is -1.39. The van der Waals surface area contributed by atoms with Crippen LogP contribution in [0.15, 0.2) is 18.7 Å². The van der Waals surface area contributed by atoms with Crippen molar-refractivity contribution in [2.45, 2.75) is 25.1 Å². The quantitative estimate of drug-likeness (QED) is 0.720. The molecule has 2 heterocycles. The average Bonchev–Trinajstić information content (AvgIpc) is 2.67. The summed E-state index contributed by atoms with van der Waals surface area (Å²) in [7, 11) is 0. The van der Waals surface area contributed by atoms with Gasteiger partial charge in [0.15, 0.2) is 0 Å². The summed E-state index contributed by atoms with van der Waals surface area (Å²) in [5.74, 6) is 0. The molecule has 1 aliphatic heterocycles. The van der Waals surface area contributed by atoms with Gasteiger partial charge < -0.3 is 4.90 Å². The van der Waals surface area contributed by atoms with Crippen molar-refractivity contribution in [3.63, 3.8) is 0 Å². The summed E-state index contributed by atoms with van der Waals surface area (Å²) in [6.45, 7) is 0.414. The van der Waals surface area contributed by atoms with E-state index < -0.39 is 12.2 Å². The molecule has 0 spiro atoms. The van der Waals surface area contributed by atoms with Crippen LogP contribution in [0.25, 0.3) is 0 Å². The number of nitrogens with zero attached hydrogens (tertiary/aromatic N) is 3. The molecule has 3 nitrogen and oxygen atoms in total. The second kappa shape index (κ2) is 3.67. The third kappa shape index (κ3) is 2.03. The van der Waals surface area contributed by atoms with E-state index in [1.54, 1.807) is 0 Å². The smallest absolute Gasteiger partial charge is 0.357 e. The highest BCUT2D eigenvalue weighted by Crippen LogP contribution is 2.35. The lowest BCUT2D eigenvalue weighted by molar-refractivity contribution is -0.145. The summed E-state index contributed by atoms with van der Waals surface area (Å²) in [5, 5.41) is 0. The molecule has 1 fully saturated rings. The topological polar surface area (TPSA) is 29.0 Å². The van der Waals surface area contributed by atoms with Crippen molar-refractivity contribution in [1.29, 1.82) is 0 Å². The Morgan fingerprint density at radius 3 is 2.53 bits per heavy atom. The molecule has 82 valence electrons. The van der Waals surface area contributed by atoms with Gasteiger partial charge in [0, 0.05) is 6.54 Å². The van der Waals surface area contributed by atoms with Gasteiger partial charge in [0.25, 0.3) is 0 Å². The van der Waals surface area contributed by atoms with Crippen LogP contribution in [0.3, 0.4) is 0 Å². The Bertz CT molecular complexity index is 325. The van der Waals surface area contributed by atoms with Crippen molar-refractivity contribution in [2.75, 3.05) is 11.4 Å². The van der Waals surface area contributed by atoms with Crippen LogP contribution in [0.1, 0.15) is 12.8 Å². The minimum absolute atomic E-state index is 0.151. The molecule has 2 rings (SSSR count). The molecule has 0 N–H and O–H groups in total. The Hall–Kier alpha value is -1.33. The lowest BCUT2D eigenvalue weighted by Gasteiger charge is -2.27. The molecule has 0 bridgehead atoms. The van der Waals surface area contributed by atoms with E-state index >= 15 is 0 Å². The highest BCUT2D eigenvalue weighted by molar-refractivity contribution is 5.44. The maximum absolute atomic E-state index is 12.6. The van der Waals surface area contributed by atoms with Crippen molar-refractivity contribution in [2.24, 2.45) is 0 Å². The highest BCUT2D eigenvalue weighted by atomic mass is 19.4. The number of halogens is 3. The van der Waals surface area contributed by atoms with Gasteiger partial charge in [-0.15, -0.1) is 0 Å². The predicted octanol–water partition coefficient (Wildman–Crippen LogP) is 2.01. The van der Waals surface area contributed by atoms with Crippen LogP contribution in [-0.2, 0) is 0 Å². The first-order valence-electron chi connectivity index (χ1n) is 4.67. The fraction of sp³-hybridized carbons (Fsp3) is 0.556. The lowest BCUT2D eigenvalue weighted by atomic mass is 10.2. The van der Waals surface area contributed by atoms with E-state index in [-0.39, 0.29) is 6.42 Å². The Morgan fingerprint density at radius 2 is 1.93 bits per heavy atom. The van der Waals surface area contributed by atoms with E-state index in [1.165, 1.54) is 23.6 Å². The standard InChI is InChI=1S/C9H10F3N3/c10-9(11,12)8-2-1-3-15(8)7-4-13-6-14-5-7/h4-6,8H,1-3H2/t8-/m0/s1. The second-order valence-electron chi connectivity index (χ2n) is 3.49. The molecule has 0 unspecified atom stereocenters. The molecule has 15 heavy (non-hydrogen) atoms. The highest BCUT2D eigenvalue weighted by Gasteiger charge is 2.46. The van der Waals surface area contributed by atoms with Gasteiger partial charge in [-0.3, -0.25) is 0 Å². The van der Waals surface area contributed by atoms with Crippen molar-refractivity contribution in [3.8, 4) is 0 Å². The molecule has 0 aliphatic carbocycles. The van der Waals surface area contributed by atoms with Crippen LogP contribution >= 0.6 is 0 Å². The zero-order valence-electron chi connectivity index (χ0n) is 7.91. The monoisotopic (exact) mass is 217 g/mol. The Balaban J connectivity index is 2.23. The molecule has 1 atom stereocenters. The maximum atomic E-state index is 12.6. The zero-order chi connectivity index (χ0) is 10.9. The van der Waals surface area contributed by atoms with Crippen LogP contribution in [0, 0.1) is 0 Å². The molecular formula is C9H10F3N3. The van der Waals surface area contributed by atoms with Gasteiger partial charge in [-0.1, -0.05) is 0 Å². The van der Waals surface area contributed by atoms with Crippen LogP contribution in [0.4, 0.5) is 18.9 Å². The van der Waals surface area contributed by atoms with Gasteiger partial charge in [-0.05, 0) is 12.8 Å². The first kappa shape index (κ1) is 10.2. The number of anilines is 1. The van der Waals surface area contributed by atoms with E-state index in [0.717, 1.165) is 0 Å². The molecule has 1 aliphatic rings. The van der Waals surface area contributed by atoms with Gasteiger partial charge in [0.2, 0.25) is 0 Å². The fourth-order valence-electron chi connectivity index (χ4n) is 1.86. The van der Waals surface area contributed by atoms with Gasteiger partial charge in [0.1, 0.15) is 12.4 Å². The molecule has 0 amide bonds. The Kier molecular flexibility index (Phi) is 2.50. The molecule has 6 heteroatoms. The third-order valence-electron chi connectivity index (χ3n) is 2.51. The van der Waals surface area contributed by atoms with Gasteiger partial charge in [0.05, 0.1) is 18.1 Å². The minimum Gasteiger partial charge on any atom is -0.357 e. The average molecular weight is 217 g/mol. The molecule has 0 saturated carbocycles. The minimum atomic E-state index is -4.17. The lowest BCUT2D eigenvalue weighted by Crippen LogP contribution is -2.41. The summed E-state index contributed by atoms with van der Waals surface area (Å²) in [5.41, 5.74) is 0.442. The van der Waals surface area contributed by atoms with Gasteiger partial charge in [-0.25, -0.2) is 9.97 Å². The normalized spacial score (nSPS) is 22.1. The largest absolute Gasteiger partial charge is 0.408 e. The molecular weight excluding hydrogens is 207 g/mol. The first-order chi connectivity index (χ1) is 7.09. The van der Waals surface area contributed by atoms with Crippen molar-refractivity contribution in [1.82, 2.24) is 9.97 Å². The fourth-order valence-corrected chi connectivity index (χ4v) is 1.86. The van der Waals surface area contributed by atoms with Crippen LogP contribution in [-0.4, -0.2) is 28.7 Å². The summed E-state index contributed by atoms with van der Waals surface area (Å²) < 4.78 is 37.8. The molecule has 1 aromatic heterocycles. The maximum Gasteiger partial charge on any atom is 0.408 e. The number of aromatic nitrogens is 2. The number of hydrogen-bond acceptors (Lipinski definition) is 3. The number of rotatable bonds is 1. The van der Waals surface area contributed by atoms with E-state index in [2.05, 4.69) is 9.97 Å². The summed E-state index contributed by atoms with van der Waals surface area (Å²) in [6.07, 6.45) is 0.667. The molecule has 0 aromatic carbocycles. The van der Waals surface area contributed by atoms with Gasteiger partial charge >= 0.3 is 6.18 Å². The van der Waals surface area contributed by atoms with Crippen LogP contribution < -0.4 is 4.90 Å². The number of alkyl halides is 3. The van der Waals surface area contributed by atoms with Crippen molar-refractivity contribution in [3.05, 3.63) is 18.7 Å². The van der Waals surface area contributed by atoms with Crippen molar-refractivity contribution < 1.29 is 13.2 Å². The molecule has 1 saturated heterocycles. The number of hydrogen-bond donors (Lipinski definition) is 0. The Morgan fingerprint density at radius 1 is 1.27 bits per heavy atom. The Labute approximate surface area is 84.9 Å². The summed E-state index contributed by atoms with van der Waals surface area (Å²) in [4.78, 5) is 8.77. The van der Waals surface area contributed by atoms with E-state index in [1.807, 2.05) is 0 Å². The van der Waals surface area contributed by atoms with E-state index in [4.69, 9.17) is 0 Å². The van der Waals surface area contributed by atoms with Crippen LogP contribution in [0.2, 0.25) is 0 Å². The predicted molar refractivity (Wildman–Crippen MR) is 48.5 cm³/mol. The third-order valence-corrected chi connectivity index (χ3v) is 2.51. The summed E-state index contributed by atoms with van der Waals surface area (Å²) >= 11 is 0. The molecule has 0 radical (unpaired) electrons. The van der Waals surface area contributed by atoms with E-state index in [9.17, 15) is 13.2 Å². The first-order valence-corrected chi connectivity index (χ1v) is 4.67. The molecule has 1 aromatic rings. The van der Waals surface area contributed by atoms with E-state index in [0.29, 0.717) is 18.7 Å². The van der Waals surface area contributed by atoms with Crippen LogP contribution in [0.5, 0.6) is 0 Å². The van der Waals surface area contributed by atoms with Crippen molar-refractivity contribution >= 4 is 5.69 Å². The SMILES string of the molecule is FC(F)(F)[C@@H]1CCCN1c1cncnc1. The van der Waals surface area contributed by atoms with Gasteiger partial charge in [-0.2, -0.15) is 13.2 Å². The second-order valence-corrected chi connectivity index (χ2v) is 3.49. The zero-order valence-corrected chi connectivity index (χ0v) is 7.91.